The molecule has 1 rings (SSSR count). The largest absolute Gasteiger partial charge is 0.282 e. The molecule has 0 spiro atoms. The number of hydrogen-bond acceptors (Lipinski definition) is 2. The monoisotopic (exact) mass is 163 g/mol. The average molecular weight is 163 g/mol. The summed E-state index contributed by atoms with van der Waals surface area (Å²) in [4.78, 5) is 0. The number of aryl methyl sites for hydroxylation is 2. The predicted molar refractivity (Wildman–Crippen MR) is 46.7 cm³/mol. The zero-order valence-corrected chi connectivity index (χ0v) is 7.68. The summed E-state index contributed by atoms with van der Waals surface area (Å²) in [6.45, 7) is 6.00. The van der Waals surface area contributed by atoms with E-state index in [0.717, 1.165) is 11.4 Å². The summed E-state index contributed by atoms with van der Waals surface area (Å²) in [6.07, 6.45) is 0.557. The van der Waals surface area contributed by atoms with E-state index in [9.17, 15) is 0 Å². The van der Waals surface area contributed by atoms with Crippen LogP contribution in [0.2, 0.25) is 0 Å². The second-order valence-corrected chi connectivity index (χ2v) is 3.11. The highest BCUT2D eigenvalue weighted by molar-refractivity contribution is 5.27. The third kappa shape index (κ3) is 1.48. The van der Waals surface area contributed by atoms with Gasteiger partial charge in [0.2, 0.25) is 0 Å². The fourth-order valence-electron chi connectivity index (χ4n) is 1.52. The van der Waals surface area contributed by atoms with Crippen LogP contribution in [0, 0.1) is 25.2 Å². The van der Waals surface area contributed by atoms with Crippen LogP contribution in [-0.4, -0.2) is 10.2 Å². The van der Waals surface area contributed by atoms with Gasteiger partial charge in [0.1, 0.15) is 0 Å². The number of aromatic nitrogens is 2. The van der Waals surface area contributed by atoms with Gasteiger partial charge in [-0.2, -0.15) is 10.4 Å². The second kappa shape index (κ2) is 3.40. The summed E-state index contributed by atoms with van der Waals surface area (Å²) in [5.41, 5.74) is 3.28. The van der Waals surface area contributed by atoms with E-state index in [1.807, 2.05) is 20.8 Å². The van der Waals surface area contributed by atoms with E-state index in [2.05, 4.69) is 16.3 Å². The molecule has 0 radical (unpaired) electrons. The summed E-state index contributed by atoms with van der Waals surface area (Å²) in [5, 5.41) is 15.5. The standard InChI is InChI=1S/C9H13N3/c1-6(4-5-10)9-7(2)11-12-8(9)3/h6H,4H2,1-3H3,(H,11,12). The van der Waals surface area contributed by atoms with Gasteiger partial charge in [-0.25, -0.2) is 0 Å². The first kappa shape index (κ1) is 8.79. The Morgan fingerprint density at radius 3 is 2.67 bits per heavy atom. The Balaban J connectivity index is 2.94. The molecule has 64 valence electrons. The molecule has 0 bridgehead atoms. The first-order valence-corrected chi connectivity index (χ1v) is 4.05. The maximum atomic E-state index is 8.54. The first-order chi connectivity index (χ1) is 5.66. The molecule has 1 aromatic heterocycles. The minimum absolute atomic E-state index is 0.286. The number of H-pyrrole nitrogens is 1. The van der Waals surface area contributed by atoms with Crippen molar-refractivity contribution in [3.63, 3.8) is 0 Å². The van der Waals surface area contributed by atoms with Gasteiger partial charge in [-0.3, -0.25) is 5.10 Å². The summed E-state index contributed by atoms with van der Waals surface area (Å²) in [5.74, 6) is 0.286. The van der Waals surface area contributed by atoms with E-state index in [1.165, 1.54) is 5.56 Å². The number of nitriles is 1. The molecule has 0 aliphatic rings. The normalized spacial score (nSPS) is 12.5. The molecular formula is C9H13N3. The SMILES string of the molecule is Cc1n[nH]c(C)c1C(C)CC#N. The Bertz CT molecular complexity index is 287. The Morgan fingerprint density at radius 1 is 1.58 bits per heavy atom. The van der Waals surface area contributed by atoms with Crippen LogP contribution >= 0.6 is 0 Å². The third-order valence-corrected chi connectivity index (χ3v) is 2.08. The molecule has 1 aromatic rings. The van der Waals surface area contributed by atoms with Gasteiger partial charge in [-0.05, 0) is 25.3 Å². The number of hydrogen-bond donors (Lipinski definition) is 1. The van der Waals surface area contributed by atoms with E-state index in [4.69, 9.17) is 5.26 Å². The molecule has 0 aliphatic carbocycles. The highest BCUT2D eigenvalue weighted by Gasteiger charge is 2.13. The molecule has 1 atom stereocenters. The van der Waals surface area contributed by atoms with Crippen molar-refractivity contribution in [2.75, 3.05) is 0 Å². The molecule has 0 aliphatic heterocycles. The van der Waals surface area contributed by atoms with E-state index < -0.39 is 0 Å². The Hall–Kier alpha value is -1.30. The van der Waals surface area contributed by atoms with Crippen molar-refractivity contribution in [1.29, 1.82) is 5.26 Å². The van der Waals surface area contributed by atoms with Gasteiger partial charge in [0.25, 0.3) is 0 Å². The molecule has 1 unspecified atom stereocenters. The summed E-state index contributed by atoms with van der Waals surface area (Å²) in [7, 11) is 0. The van der Waals surface area contributed by atoms with E-state index >= 15 is 0 Å². The maximum Gasteiger partial charge on any atom is 0.0629 e. The van der Waals surface area contributed by atoms with Crippen LogP contribution in [0.3, 0.4) is 0 Å². The molecular weight excluding hydrogens is 150 g/mol. The fraction of sp³-hybridized carbons (Fsp3) is 0.556. The third-order valence-electron chi connectivity index (χ3n) is 2.08. The van der Waals surface area contributed by atoms with Gasteiger partial charge in [0.05, 0.1) is 11.8 Å². The minimum atomic E-state index is 0.286. The predicted octanol–water partition coefficient (Wildman–Crippen LogP) is 2.04. The fourth-order valence-corrected chi connectivity index (χ4v) is 1.52. The van der Waals surface area contributed by atoms with Gasteiger partial charge in [0, 0.05) is 12.1 Å². The molecule has 3 nitrogen and oxygen atoms in total. The second-order valence-electron chi connectivity index (χ2n) is 3.11. The molecule has 0 aromatic carbocycles. The van der Waals surface area contributed by atoms with Crippen LogP contribution in [-0.2, 0) is 0 Å². The molecule has 1 N–H and O–H groups in total. The lowest BCUT2D eigenvalue weighted by atomic mass is 9.97. The highest BCUT2D eigenvalue weighted by atomic mass is 15.1. The Morgan fingerprint density at radius 2 is 2.25 bits per heavy atom. The van der Waals surface area contributed by atoms with E-state index in [0.29, 0.717) is 6.42 Å². The van der Waals surface area contributed by atoms with Gasteiger partial charge in [-0.1, -0.05) is 6.92 Å². The lowest BCUT2D eigenvalue weighted by Gasteiger charge is -2.06. The molecule has 0 saturated carbocycles. The highest BCUT2D eigenvalue weighted by Crippen LogP contribution is 2.23. The van der Waals surface area contributed by atoms with Gasteiger partial charge < -0.3 is 0 Å². The Labute approximate surface area is 72.4 Å². The smallest absolute Gasteiger partial charge is 0.0629 e. The van der Waals surface area contributed by atoms with E-state index in [-0.39, 0.29) is 5.92 Å². The van der Waals surface area contributed by atoms with Gasteiger partial charge >= 0.3 is 0 Å². The molecule has 0 amide bonds. The molecule has 1 heterocycles. The molecule has 12 heavy (non-hydrogen) atoms. The van der Waals surface area contributed by atoms with E-state index in [1.54, 1.807) is 0 Å². The quantitative estimate of drug-likeness (QED) is 0.725. The summed E-state index contributed by atoms with van der Waals surface area (Å²) < 4.78 is 0. The van der Waals surface area contributed by atoms with Crippen molar-refractivity contribution in [3.8, 4) is 6.07 Å². The molecule has 3 heteroatoms. The number of nitrogens with one attached hydrogen (secondary N) is 1. The van der Waals surface area contributed by atoms with Crippen LogP contribution in [0.1, 0.15) is 36.2 Å². The lowest BCUT2D eigenvalue weighted by molar-refractivity contribution is 0.776. The Kier molecular flexibility index (Phi) is 2.49. The van der Waals surface area contributed by atoms with Crippen LogP contribution in [0.25, 0.3) is 0 Å². The zero-order valence-electron chi connectivity index (χ0n) is 7.68. The molecule has 0 fully saturated rings. The number of rotatable bonds is 2. The lowest BCUT2D eigenvalue weighted by Crippen LogP contribution is -1.95. The zero-order chi connectivity index (χ0) is 9.14. The van der Waals surface area contributed by atoms with Gasteiger partial charge in [-0.15, -0.1) is 0 Å². The van der Waals surface area contributed by atoms with Crippen molar-refractivity contribution in [3.05, 3.63) is 17.0 Å². The van der Waals surface area contributed by atoms with Crippen LogP contribution in [0.15, 0.2) is 0 Å². The number of nitrogens with zero attached hydrogens (tertiary/aromatic N) is 2. The van der Waals surface area contributed by atoms with Crippen molar-refractivity contribution < 1.29 is 0 Å². The van der Waals surface area contributed by atoms with Crippen molar-refractivity contribution in [2.45, 2.75) is 33.1 Å². The van der Waals surface area contributed by atoms with Gasteiger partial charge in [0.15, 0.2) is 0 Å². The van der Waals surface area contributed by atoms with Crippen molar-refractivity contribution >= 4 is 0 Å². The maximum absolute atomic E-state index is 8.54. The van der Waals surface area contributed by atoms with Crippen LogP contribution < -0.4 is 0 Å². The van der Waals surface area contributed by atoms with Crippen molar-refractivity contribution in [2.24, 2.45) is 0 Å². The first-order valence-electron chi connectivity index (χ1n) is 4.05. The van der Waals surface area contributed by atoms with Crippen LogP contribution in [0.5, 0.6) is 0 Å². The topological polar surface area (TPSA) is 52.5 Å². The minimum Gasteiger partial charge on any atom is -0.282 e. The number of aromatic amines is 1. The van der Waals surface area contributed by atoms with Crippen LogP contribution in [0.4, 0.5) is 0 Å². The molecule has 0 saturated heterocycles. The average Bonchev–Trinajstić information content (AvgIpc) is 2.32. The van der Waals surface area contributed by atoms with Crippen molar-refractivity contribution in [1.82, 2.24) is 10.2 Å². The summed E-state index contributed by atoms with van der Waals surface area (Å²) >= 11 is 0. The summed E-state index contributed by atoms with van der Waals surface area (Å²) in [6, 6.07) is 2.17.